The van der Waals surface area contributed by atoms with E-state index < -0.39 is 0 Å². The van der Waals surface area contributed by atoms with Gasteiger partial charge in [0.1, 0.15) is 0 Å². The van der Waals surface area contributed by atoms with Crippen LogP contribution in [-0.2, 0) is 0 Å². The Labute approximate surface area is 116 Å². The van der Waals surface area contributed by atoms with Gasteiger partial charge in [-0.1, -0.05) is 79.1 Å². The number of hydrogen-bond acceptors (Lipinski definition) is 1. The van der Waals surface area contributed by atoms with Crippen molar-refractivity contribution in [1.29, 1.82) is 0 Å². The lowest BCUT2D eigenvalue weighted by molar-refractivity contribution is 0.222. The van der Waals surface area contributed by atoms with Crippen LogP contribution in [0.3, 0.4) is 0 Å². The summed E-state index contributed by atoms with van der Waals surface area (Å²) >= 11 is 0. The first-order chi connectivity index (χ1) is 8.60. The largest absolute Gasteiger partial charge is 0.325 e. The predicted molar refractivity (Wildman–Crippen MR) is 83.9 cm³/mol. The van der Waals surface area contributed by atoms with Crippen molar-refractivity contribution in [2.24, 2.45) is 11.7 Å². The van der Waals surface area contributed by atoms with E-state index in [-0.39, 0.29) is 5.54 Å². The Bertz CT molecular complexity index is 166. The molecule has 0 saturated heterocycles. The average Bonchev–Trinajstić information content (AvgIpc) is 2.36. The van der Waals surface area contributed by atoms with E-state index in [1.165, 1.54) is 70.6 Å². The molecule has 1 heteroatoms. The van der Waals surface area contributed by atoms with E-state index in [1.807, 2.05) is 0 Å². The summed E-state index contributed by atoms with van der Waals surface area (Å²) in [5, 5.41) is 0. The van der Waals surface area contributed by atoms with E-state index in [0.717, 1.165) is 0 Å². The highest BCUT2D eigenvalue weighted by atomic mass is 14.8. The minimum absolute atomic E-state index is 0.111. The van der Waals surface area contributed by atoms with Crippen LogP contribution in [0.4, 0.5) is 0 Å². The normalized spacial score (nSPS) is 13.8. The van der Waals surface area contributed by atoms with Crippen molar-refractivity contribution >= 4 is 0 Å². The third-order valence-corrected chi connectivity index (χ3v) is 4.46. The maximum Gasteiger partial charge on any atom is 0.0180 e. The molecule has 0 aliphatic heterocycles. The zero-order chi connectivity index (χ0) is 13.9. The second-order valence-corrected chi connectivity index (χ2v) is 6.19. The second kappa shape index (κ2) is 10.8. The van der Waals surface area contributed by atoms with Gasteiger partial charge in [0.25, 0.3) is 0 Å². The predicted octanol–water partition coefficient (Wildman–Crippen LogP) is 5.67. The van der Waals surface area contributed by atoms with Gasteiger partial charge in [-0.25, -0.2) is 0 Å². The van der Waals surface area contributed by atoms with Gasteiger partial charge in [-0.2, -0.15) is 0 Å². The molecule has 2 N–H and O–H groups in total. The quantitative estimate of drug-likeness (QED) is 0.447. The fourth-order valence-corrected chi connectivity index (χ4v) is 2.82. The molecule has 0 aliphatic rings. The highest BCUT2D eigenvalue weighted by Gasteiger charge is 2.30. The summed E-state index contributed by atoms with van der Waals surface area (Å²) in [7, 11) is 0. The molecule has 0 spiro atoms. The van der Waals surface area contributed by atoms with Gasteiger partial charge >= 0.3 is 0 Å². The Hall–Kier alpha value is -0.0400. The lowest BCUT2D eigenvalue weighted by Gasteiger charge is -2.36. The zero-order valence-electron chi connectivity index (χ0n) is 13.4. The first-order valence-electron chi connectivity index (χ1n) is 8.39. The van der Waals surface area contributed by atoms with E-state index >= 15 is 0 Å². The van der Waals surface area contributed by atoms with Crippen molar-refractivity contribution in [1.82, 2.24) is 0 Å². The molecule has 0 aliphatic carbocycles. The summed E-state index contributed by atoms with van der Waals surface area (Å²) in [6.45, 7) is 9.21. The van der Waals surface area contributed by atoms with Gasteiger partial charge in [-0.05, 0) is 25.2 Å². The molecule has 0 bridgehead atoms. The summed E-state index contributed by atoms with van der Waals surface area (Å²) in [6, 6.07) is 0. The van der Waals surface area contributed by atoms with Gasteiger partial charge in [-0.15, -0.1) is 0 Å². The molecule has 0 radical (unpaired) electrons. The van der Waals surface area contributed by atoms with Crippen LogP contribution >= 0.6 is 0 Å². The van der Waals surface area contributed by atoms with Crippen LogP contribution in [0, 0.1) is 5.92 Å². The molecule has 0 rings (SSSR count). The lowest BCUT2D eigenvalue weighted by atomic mass is 9.75. The Morgan fingerprint density at radius 2 is 1.22 bits per heavy atom. The summed E-state index contributed by atoms with van der Waals surface area (Å²) in [4.78, 5) is 0. The van der Waals surface area contributed by atoms with Gasteiger partial charge in [-0.3, -0.25) is 0 Å². The smallest absolute Gasteiger partial charge is 0.0180 e. The molecule has 0 heterocycles. The van der Waals surface area contributed by atoms with Crippen LogP contribution in [0.15, 0.2) is 0 Å². The molecule has 18 heavy (non-hydrogen) atoms. The number of rotatable bonds is 12. The highest BCUT2D eigenvalue weighted by molar-refractivity contribution is 4.89. The summed E-state index contributed by atoms with van der Waals surface area (Å²) in [6.07, 6.45) is 14.3. The summed E-state index contributed by atoms with van der Waals surface area (Å²) in [5.74, 6) is 0.686. The Balaban J connectivity index is 4.26. The Kier molecular flexibility index (Phi) is 10.8. The Morgan fingerprint density at radius 3 is 1.61 bits per heavy atom. The van der Waals surface area contributed by atoms with E-state index in [1.54, 1.807) is 0 Å². The second-order valence-electron chi connectivity index (χ2n) is 6.19. The van der Waals surface area contributed by atoms with Crippen LogP contribution in [0.5, 0.6) is 0 Å². The molecular formula is C17H37N. The van der Waals surface area contributed by atoms with Crippen LogP contribution < -0.4 is 5.73 Å². The number of hydrogen-bond donors (Lipinski definition) is 1. The van der Waals surface area contributed by atoms with E-state index in [9.17, 15) is 0 Å². The molecule has 1 unspecified atom stereocenters. The maximum atomic E-state index is 6.76. The van der Waals surface area contributed by atoms with Gasteiger partial charge in [0.2, 0.25) is 0 Å². The molecule has 0 aromatic rings. The third-order valence-electron chi connectivity index (χ3n) is 4.46. The minimum Gasteiger partial charge on any atom is -0.325 e. The fraction of sp³-hybridized carbons (Fsp3) is 1.00. The van der Waals surface area contributed by atoms with Crippen LogP contribution in [-0.4, -0.2) is 5.54 Å². The van der Waals surface area contributed by atoms with E-state index in [4.69, 9.17) is 5.73 Å². The van der Waals surface area contributed by atoms with Crippen molar-refractivity contribution in [3.63, 3.8) is 0 Å². The van der Waals surface area contributed by atoms with Gasteiger partial charge in [0, 0.05) is 5.54 Å². The Morgan fingerprint density at radius 1 is 0.778 bits per heavy atom. The fourth-order valence-electron chi connectivity index (χ4n) is 2.82. The van der Waals surface area contributed by atoms with Gasteiger partial charge < -0.3 is 5.73 Å². The standard InChI is InChI=1S/C17H37N/c1-5-8-11-14-17(18,15-12-9-6-2)16(4)13-10-7-3/h16H,5-15,18H2,1-4H3. The van der Waals surface area contributed by atoms with Gasteiger partial charge in [0.05, 0.1) is 0 Å². The first-order valence-corrected chi connectivity index (χ1v) is 8.39. The van der Waals surface area contributed by atoms with Crippen molar-refractivity contribution < 1.29 is 0 Å². The molecular weight excluding hydrogens is 218 g/mol. The van der Waals surface area contributed by atoms with Crippen molar-refractivity contribution in [2.75, 3.05) is 0 Å². The molecule has 0 fully saturated rings. The average molecular weight is 255 g/mol. The summed E-state index contributed by atoms with van der Waals surface area (Å²) < 4.78 is 0. The molecule has 1 atom stereocenters. The topological polar surface area (TPSA) is 26.0 Å². The van der Waals surface area contributed by atoms with Crippen molar-refractivity contribution in [3.8, 4) is 0 Å². The van der Waals surface area contributed by atoms with Crippen molar-refractivity contribution in [3.05, 3.63) is 0 Å². The maximum absolute atomic E-state index is 6.76. The molecule has 0 aromatic heterocycles. The molecule has 0 saturated carbocycles. The highest BCUT2D eigenvalue weighted by Crippen LogP contribution is 2.30. The molecule has 1 nitrogen and oxygen atoms in total. The molecule has 110 valence electrons. The van der Waals surface area contributed by atoms with Crippen LogP contribution in [0.1, 0.15) is 98.3 Å². The van der Waals surface area contributed by atoms with Crippen LogP contribution in [0.2, 0.25) is 0 Å². The zero-order valence-corrected chi connectivity index (χ0v) is 13.4. The first kappa shape index (κ1) is 18.0. The third kappa shape index (κ3) is 7.41. The number of nitrogens with two attached hydrogens (primary N) is 1. The molecule has 0 amide bonds. The molecule has 0 aromatic carbocycles. The minimum atomic E-state index is 0.111. The SMILES string of the molecule is CCCCCC(N)(CCCCC)C(C)CCCC. The monoisotopic (exact) mass is 255 g/mol. The lowest BCUT2D eigenvalue weighted by Crippen LogP contribution is -2.46. The van der Waals surface area contributed by atoms with Crippen molar-refractivity contribution in [2.45, 2.75) is 104 Å². The summed E-state index contributed by atoms with van der Waals surface area (Å²) in [5.41, 5.74) is 6.87. The van der Waals surface area contributed by atoms with Gasteiger partial charge in [0.15, 0.2) is 0 Å². The van der Waals surface area contributed by atoms with E-state index in [2.05, 4.69) is 27.7 Å². The number of unbranched alkanes of at least 4 members (excludes halogenated alkanes) is 5. The van der Waals surface area contributed by atoms with Crippen LogP contribution in [0.25, 0.3) is 0 Å². The van der Waals surface area contributed by atoms with E-state index in [0.29, 0.717) is 5.92 Å².